The fourth-order valence-electron chi connectivity index (χ4n) is 1.31. The van der Waals surface area contributed by atoms with Gasteiger partial charge in [-0.15, -0.1) is 0 Å². The maximum absolute atomic E-state index is 11.9. The Balaban J connectivity index is 2.52. The normalized spacial score (nSPS) is 11.7. The van der Waals surface area contributed by atoms with E-state index < -0.39 is 11.9 Å². The molecule has 0 aromatic carbocycles. The smallest absolute Gasteiger partial charge is 0.271 e. The average molecular weight is 330 g/mol. The molecule has 7 heteroatoms. The van der Waals surface area contributed by atoms with Crippen molar-refractivity contribution in [3.8, 4) is 0 Å². The molecule has 0 aliphatic heterocycles. The number of carbonyl (C=O) groups is 2. The van der Waals surface area contributed by atoms with Gasteiger partial charge in [0.15, 0.2) is 0 Å². The van der Waals surface area contributed by atoms with E-state index in [1.807, 2.05) is 0 Å². The molecule has 1 aromatic rings. The fourth-order valence-corrected chi connectivity index (χ4v) is 1.75. The SMILES string of the molecule is COCCNC(=O)C(C)NC(=O)c1ncccc1Br. The van der Waals surface area contributed by atoms with Crippen molar-refractivity contribution in [1.82, 2.24) is 15.6 Å². The maximum Gasteiger partial charge on any atom is 0.271 e. The third-order valence-electron chi connectivity index (χ3n) is 2.32. The van der Waals surface area contributed by atoms with Crippen LogP contribution in [-0.4, -0.2) is 43.1 Å². The minimum absolute atomic E-state index is 0.249. The number of ether oxygens (including phenoxy) is 1. The molecular weight excluding hydrogens is 314 g/mol. The molecule has 1 heterocycles. The van der Waals surface area contributed by atoms with Gasteiger partial charge in [0, 0.05) is 24.3 Å². The van der Waals surface area contributed by atoms with Crippen LogP contribution in [0.3, 0.4) is 0 Å². The van der Waals surface area contributed by atoms with Crippen LogP contribution in [0.25, 0.3) is 0 Å². The van der Waals surface area contributed by atoms with E-state index in [1.165, 1.54) is 6.20 Å². The Morgan fingerprint density at radius 1 is 1.53 bits per heavy atom. The van der Waals surface area contributed by atoms with Gasteiger partial charge in [0.25, 0.3) is 5.91 Å². The lowest BCUT2D eigenvalue weighted by molar-refractivity contribution is -0.122. The highest BCUT2D eigenvalue weighted by Gasteiger charge is 2.18. The predicted octanol–water partition coefficient (Wildman–Crippen LogP) is 0.725. The average Bonchev–Trinajstić information content (AvgIpc) is 2.39. The van der Waals surface area contributed by atoms with Crippen LogP contribution in [0.5, 0.6) is 0 Å². The van der Waals surface area contributed by atoms with Crippen molar-refractivity contribution in [1.29, 1.82) is 0 Å². The number of hydrogen-bond acceptors (Lipinski definition) is 4. The Hall–Kier alpha value is -1.47. The largest absolute Gasteiger partial charge is 0.383 e. The molecule has 2 N–H and O–H groups in total. The summed E-state index contributed by atoms with van der Waals surface area (Å²) < 4.78 is 5.40. The Morgan fingerprint density at radius 3 is 2.89 bits per heavy atom. The van der Waals surface area contributed by atoms with Gasteiger partial charge in [-0.05, 0) is 35.0 Å². The summed E-state index contributed by atoms with van der Waals surface area (Å²) in [6.07, 6.45) is 1.52. The first-order valence-electron chi connectivity index (χ1n) is 5.74. The highest BCUT2D eigenvalue weighted by Crippen LogP contribution is 2.12. The van der Waals surface area contributed by atoms with Crippen molar-refractivity contribution in [3.05, 3.63) is 28.5 Å². The molecule has 0 fully saturated rings. The van der Waals surface area contributed by atoms with E-state index >= 15 is 0 Å². The lowest BCUT2D eigenvalue weighted by atomic mass is 10.2. The Bertz CT molecular complexity index is 454. The molecule has 2 amide bonds. The molecule has 19 heavy (non-hydrogen) atoms. The van der Waals surface area contributed by atoms with Crippen molar-refractivity contribution in [3.63, 3.8) is 0 Å². The number of hydrogen-bond donors (Lipinski definition) is 2. The Morgan fingerprint density at radius 2 is 2.26 bits per heavy atom. The third kappa shape index (κ3) is 4.96. The molecule has 0 saturated carbocycles. The van der Waals surface area contributed by atoms with Crippen LogP contribution in [0.4, 0.5) is 0 Å². The number of nitrogens with one attached hydrogen (secondary N) is 2. The first-order valence-corrected chi connectivity index (χ1v) is 6.53. The predicted molar refractivity (Wildman–Crippen MR) is 73.8 cm³/mol. The third-order valence-corrected chi connectivity index (χ3v) is 2.96. The maximum atomic E-state index is 11.9. The van der Waals surface area contributed by atoms with Gasteiger partial charge in [-0.3, -0.25) is 9.59 Å². The van der Waals surface area contributed by atoms with Gasteiger partial charge in [-0.1, -0.05) is 0 Å². The number of amides is 2. The van der Waals surface area contributed by atoms with E-state index in [1.54, 1.807) is 26.2 Å². The first-order chi connectivity index (χ1) is 9.06. The standard InChI is InChI=1S/C12H16BrN3O3/c1-8(11(17)15-6-7-19-2)16-12(18)10-9(13)4-3-5-14-10/h3-5,8H,6-7H2,1-2H3,(H,15,17)(H,16,18). The summed E-state index contributed by atoms with van der Waals surface area (Å²) in [5.74, 6) is -0.667. The highest BCUT2D eigenvalue weighted by molar-refractivity contribution is 9.10. The van der Waals surface area contributed by atoms with Crippen LogP contribution in [0.15, 0.2) is 22.8 Å². The van der Waals surface area contributed by atoms with E-state index in [0.717, 1.165) is 0 Å². The second-order valence-electron chi connectivity index (χ2n) is 3.81. The monoisotopic (exact) mass is 329 g/mol. The summed E-state index contributed by atoms with van der Waals surface area (Å²) in [4.78, 5) is 27.5. The van der Waals surface area contributed by atoms with Crippen molar-refractivity contribution in [2.45, 2.75) is 13.0 Å². The Labute approximate surface area is 120 Å². The van der Waals surface area contributed by atoms with Gasteiger partial charge in [-0.2, -0.15) is 0 Å². The quantitative estimate of drug-likeness (QED) is 0.754. The van der Waals surface area contributed by atoms with Crippen LogP contribution in [0.2, 0.25) is 0 Å². The summed E-state index contributed by atoms with van der Waals surface area (Å²) in [7, 11) is 1.55. The van der Waals surface area contributed by atoms with Crippen LogP contribution < -0.4 is 10.6 Å². The molecule has 104 valence electrons. The summed E-state index contributed by atoms with van der Waals surface area (Å²) in [6.45, 7) is 2.44. The van der Waals surface area contributed by atoms with Gasteiger partial charge in [0.2, 0.25) is 5.91 Å². The van der Waals surface area contributed by atoms with Crippen molar-refractivity contribution in [2.24, 2.45) is 0 Å². The van der Waals surface area contributed by atoms with E-state index in [9.17, 15) is 9.59 Å². The first kappa shape index (κ1) is 15.6. The molecule has 1 rings (SSSR count). The second-order valence-corrected chi connectivity index (χ2v) is 4.67. The van der Waals surface area contributed by atoms with E-state index in [-0.39, 0.29) is 11.6 Å². The van der Waals surface area contributed by atoms with Gasteiger partial charge >= 0.3 is 0 Å². The zero-order valence-electron chi connectivity index (χ0n) is 10.8. The van der Waals surface area contributed by atoms with Gasteiger partial charge < -0.3 is 15.4 Å². The lowest BCUT2D eigenvalue weighted by Crippen LogP contribution is -2.45. The highest BCUT2D eigenvalue weighted by atomic mass is 79.9. The van der Waals surface area contributed by atoms with Crippen LogP contribution in [0, 0.1) is 0 Å². The number of aromatic nitrogens is 1. The fraction of sp³-hybridized carbons (Fsp3) is 0.417. The van der Waals surface area contributed by atoms with E-state index in [4.69, 9.17) is 4.74 Å². The summed E-state index contributed by atoms with van der Waals surface area (Å²) in [5.41, 5.74) is 0.249. The van der Waals surface area contributed by atoms with E-state index in [2.05, 4.69) is 31.5 Å². The minimum Gasteiger partial charge on any atom is -0.383 e. The summed E-state index contributed by atoms with van der Waals surface area (Å²) >= 11 is 3.23. The molecule has 0 radical (unpaired) electrons. The molecule has 1 aromatic heterocycles. The van der Waals surface area contributed by atoms with Crippen molar-refractivity contribution < 1.29 is 14.3 Å². The molecule has 0 saturated heterocycles. The summed E-state index contributed by atoms with van der Waals surface area (Å²) in [5, 5.41) is 5.22. The number of halogens is 1. The minimum atomic E-state index is -0.640. The topological polar surface area (TPSA) is 80.3 Å². The zero-order chi connectivity index (χ0) is 14.3. The number of rotatable bonds is 6. The van der Waals surface area contributed by atoms with Gasteiger partial charge in [0.1, 0.15) is 11.7 Å². The van der Waals surface area contributed by atoms with Gasteiger partial charge in [-0.25, -0.2) is 4.98 Å². The molecule has 6 nitrogen and oxygen atoms in total. The van der Waals surface area contributed by atoms with Crippen molar-refractivity contribution in [2.75, 3.05) is 20.3 Å². The Kier molecular flexibility index (Phi) is 6.44. The van der Waals surface area contributed by atoms with Gasteiger partial charge in [0.05, 0.1) is 6.61 Å². The lowest BCUT2D eigenvalue weighted by Gasteiger charge is -2.14. The number of nitrogens with zero attached hydrogens (tertiary/aromatic N) is 1. The number of methoxy groups -OCH3 is 1. The number of carbonyl (C=O) groups excluding carboxylic acids is 2. The van der Waals surface area contributed by atoms with E-state index in [0.29, 0.717) is 17.6 Å². The summed E-state index contributed by atoms with van der Waals surface area (Å²) in [6, 6.07) is 2.78. The molecule has 1 unspecified atom stereocenters. The molecule has 1 atom stereocenters. The van der Waals surface area contributed by atoms with Crippen LogP contribution >= 0.6 is 15.9 Å². The molecule has 0 aliphatic carbocycles. The number of pyridine rings is 1. The van der Waals surface area contributed by atoms with Crippen LogP contribution in [-0.2, 0) is 9.53 Å². The molecule has 0 bridgehead atoms. The zero-order valence-corrected chi connectivity index (χ0v) is 12.4. The molecule has 0 aliphatic rings. The van der Waals surface area contributed by atoms with Crippen LogP contribution in [0.1, 0.15) is 17.4 Å². The second kappa shape index (κ2) is 7.85. The molecule has 0 spiro atoms. The molecular formula is C12H16BrN3O3. The van der Waals surface area contributed by atoms with Crippen molar-refractivity contribution >= 4 is 27.7 Å².